The summed E-state index contributed by atoms with van der Waals surface area (Å²) in [5.74, 6) is -0.168. The van der Waals surface area contributed by atoms with Crippen molar-refractivity contribution in [2.75, 3.05) is 33.9 Å². The highest BCUT2D eigenvalue weighted by Gasteiger charge is 2.27. The van der Waals surface area contributed by atoms with Crippen LogP contribution in [0, 0.1) is 11.3 Å². The Balaban J connectivity index is 1.51. The van der Waals surface area contributed by atoms with Gasteiger partial charge in [-0.2, -0.15) is 5.26 Å². The number of nitrogens with one attached hydrogen (secondary N) is 3. The second kappa shape index (κ2) is 11.6. The number of anilines is 4. The van der Waals surface area contributed by atoms with Gasteiger partial charge in [0.25, 0.3) is 5.91 Å². The second-order valence-corrected chi connectivity index (χ2v) is 9.13. The van der Waals surface area contributed by atoms with Gasteiger partial charge in [0.1, 0.15) is 5.75 Å². The van der Waals surface area contributed by atoms with Crippen molar-refractivity contribution in [1.82, 2.24) is 4.98 Å². The van der Waals surface area contributed by atoms with Crippen molar-refractivity contribution < 1.29 is 23.4 Å². The van der Waals surface area contributed by atoms with E-state index < -0.39 is 17.6 Å². The van der Waals surface area contributed by atoms with Crippen LogP contribution in [0.5, 0.6) is 5.75 Å². The Morgan fingerprint density at radius 3 is 2.42 bits per heavy atom. The van der Waals surface area contributed by atoms with Crippen LogP contribution >= 0.6 is 23.8 Å². The summed E-state index contributed by atoms with van der Waals surface area (Å²) < 4.78 is 29.9. The van der Waals surface area contributed by atoms with E-state index in [-0.39, 0.29) is 16.4 Å². The number of halogens is 3. The number of rotatable bonds is 7. The Labute approximate surface area is 227 Å². The zero-order valence-electron chi connectivity index (χ0n) is 19.6. The molecule has 0 radical (unpaired) electrons. The van der Waals surface area contributed by atoms with Gasteiger partial charge in [-0.25, -0.2) is 4.98 Å². The molecular weight excluding hydrogens is 538 g/mol. The predicted molar refractivity (Wildman–Crippen MR) is 144 cm³/mol. The van der Waals surface area contributed by atoms with Gasteiger partial charge in [-0.05, 0) is 73.2 Å². The Hall–Kier alpha value is -4.05. The molecule has 1 aromatic heterocycles. The van der Waals surface area contributed by atoms with Crippen LogP contribution in [0.25, 0.3) is 0 Å². The molecule has 0 saturated carbocycles. The number of β-amino-alcohol motifs (C(OH)–C–C–N with tert-alkyl or cyclic N) is 1. The van der Waals surface area contributed by atoms with Gasteiger partial charge in [0.05, 0.1) is 29.0 Å². The van der Waals surface area contributed by atoms with E-state index in [1.165, 1.54) is 30.5 Å². The van der Waals surface area contributed by atoms with E-state index in [2.05, 4.69) is 25.7 Å². The third kappa shape index (κ3) is 7.25. The lowest BCUT2D eigenvalue weighted by atomic mass is 10.2. The molecule has 13 heteroatoms. The number of carbonyl (C=O) groups excluding carboxylic acids is 1. The molecule has 196 valence electrons. The Morgan fingerprint density at radius 1 is 1.16 bits per heavy atom. The minimum Gasteiger partial charge on any atom is -0.420 e. The largest absolute Gasteiger partial charge is 0.487 e. The van der Waals surface area contributed by atoms with Crippen LogP contribution < -0.4 is 25.6 Å². The Bertz CT molecular complexity index is 1360. The molecule has 4 N–H and O–H groups in total. The lowest BCUT2D eigenvalue weighted by Crippen LogP contribution is -2.26. The number of hydrogen-bond acceptors (Lipinski definition) is 7. The molecule has 1 saturated heterocycles. The number of aliphatic hydroxyl groups excluding tert-OH is 1. The number of alkyl halides is 3. The molecule has 2 aromatic carbocycles. The molecule has 38 heavy (non-hydrogen) atoms. The molecule has 1 aliphatic rings. The van der Waals surface area contributed by atoms with E-state index in [1.807, 2.05) is 11.0 Å². The summed E-state index contributed by atoms with van der Waals surface area (Å²) in [6.45, 7) is 0.943. The van der Waals surface area contributed by atoms with Gasteiger partial charge in [0, 0.05) is 42.3 Å². The average molecular weight is 559 g/mol. The first-order chi connectivity index (χ1) is 18.1. The number of carbonyl (C=O) groups is 1. The van der Waals surface area contributed by atoms with Crippen LogP contribution in [0.2, 0.25) is 0 Å². The summed E-state index contributed by atoms with van der Waals surface area (Å²) in [7, 11) is 0. The predicted octanol–water partition coefficient (Wildman–Crippen LogP) is 4.75. The standard InChI is InChI=1S/C25H21ClF2N6O3S/c26-25(27,28)37-20-7-5-17(6-8-20)31-23(36)16-11-21(22(30-13-16)34-10-9-19(35)14-34)33-24(38)32-18-3-1-15(12-29)2-4-18/h1-8,11,13,19,35H,9-10,14H2,(H,31,36)(H2,32,33,38)/t19-/m1/s1. The molecule has 1 atom stereocenters. The molecule has 1 aliphatic heterocycles. The molecule has 0 spiro atoms. The quantitative estimate of drug-likeness (QED) is 0.240. The van der Waals surface area contributed by atoms with Crippen LogP contribution in [0.1, 0.15) is 22.3 Å². The van der Waals surface area contributed by atoms with Crippen molar-refractivity contribution in [3.05, 3.63) is 71.9 Å². The van der Waals surface area contributed by atoms with Crippen molar-refractivity contribution in [1.29, 1.82) is 5.26 Å². The van der Waals surface area contributed by atoms with Crippen molar-refractivity contribution in [3.8, 4) is 11.8 Å². The summed E-state index contributed by atoms with van der Waals surface area (Å²) in [5.41, 5.74) is -1.72. The van der Waals surface area contributed by atoms with Gasteiger partial charge in [-0.3, -0.25) is 4.79 Å². The zero-order valence-corrected chi connectivity index (χ0v) is 21.2. The molecular formula is C25H21ClF2N6O3S. The van der Waals surface area contributed by atoms with Crippen LogP contribution in [0.4, 0.5) is 31.7 Å². The summed E-state index contributed by atoms with van der Waals surface area (Å²) >= 11 is 10.2. The summed E-state index contributed by atoms with van der Waals surface area (Å²) in [5, 5.41) is 27.9. The smallest absolute Gasteiger partial charge is 0.420 e. The highest BCUT2D eigenvalue weighted by Crippen LogP contribution is 2.29. The molecule has 9 nitrogen and oxygen atoms in total. The molecule has 2 heterocycles. The third-order valence-corrected chi connectivity index (χ3v) is 5.74. The number of nitrogens with zero attached hydrogens (tertiary/aromatic N) is 3. The molecule has 0 unspecified atom stereocenters. The van der Waals surface area contributed by atoms with E-state index >= 15 is 0 Å². The first kappa shape index (κ1) is 27.0. The topological polar surface area (TPSA) is 123 Å². The zero-order chi connectivity index (χ0) is 27.3. The molecule has 3 aromatic rings. The number of benzene rings is 2. The number of hydrogen-bond donors (Lipinski definition) is 4. The molecule has 4 rings (SSSR count). The molecule has 1 amide bonds. The number of amides is 1. The van der Waals surface area contributed by atoms with Gasteiger partial charge >= 0.3 is 5.57 Å². The van der Waals surface area contributed by atoms with Crippen molar-refractivity contribution in [2.45, 2.75) is 18.1 Å². The maximum Gasteiger partial charge on any atom is 0.487 e. The van der Waals surface area contributed by atoms with Crippen molar-refractivity contribution in [3.63, 3.8) is 0 Å². The molecule has 0 aliphatic carbocycles. The van der Waals surface area contributed by atoms with Crippen LogP contribution in [0.15, 0.2) is 60.8 Å². The highest BCUT2D eigenvalue weighted by molar-refractivity contribution is 7.80. The first-order valence-electron chi connectivity index (χ1n) is 11.3. The SMILES string of the molecule is N#Cc1ccc(NC(=S)Nc2cc(C(=O)Nc3ccc(OC(F)(F)Cl)cc3)cnc2N2CC[C@@H](O)C2)cc1. The number of aromatic nitrogens is 1. The normalized spacial score (nSPS) is 14.9. The van der Waals surface area contributed by atoms with E-state index in [1.54, 1.807) is 30.3 Å². The Kier molecular flexibility index (Phi) is 8.21. The first-order valence-corrected chi connectivity index (χ1v) is 12.1. The minimum atomic E-state index is -3.84. The van der Waals surface area contributed by atoms with Gasteiger partial charge in [-0.1, -0.05) is 0 Å². The number of ether oxygens (including phenoxy) is 1. The summed E-state index contributed by atoms with van der Waals surface area (Å²) in [6.07, 6.45) is 1.47. The van der Waals surface area contributed by atoms with E-state index in [9.17, 15) is 18.7 Å². The van der Waals surface area contributed by atoms with E-state index in [0.717, 1.165) is 0 Å². The van der Waals surface area contributed by atoms with Crippen LogP contribution in [0.3, 0.4) is 0 Å². The fourth-order valence-electron chi connectivity index (χ4n) is 3.72. The molecule has 0 bridgehead atoms. The number of pyridine rings is 1. The van der Waals surface area contributed by atoms with Gasteiger partial charge in [0.2, 0.25) is 0 Å². The lowest BCUT2D eigenvalue weighted by Gasteiger charge is -2.22. The monoisotopic (exact) mass is 558 g/mol. The highest BCUT2D eigenvalue weighted by atomic mass is 35.5. The average Bonchev–Trinajstić information content (AvgIpc) is 3.30. The van der Waals surface area contributed by atoms with E-state index in [4.69, 9.17) is 29.1 Å². The molecule has 1 fully saturated rings. The fraction of sp³-hybridized carbons (Fsp3) is 0.200. The van der Waals surface area contributed by atoms with Gasteiger partial charge < -0.3 is 30.7 Å². The van der Waals surface area contributed by atoms with Crippen molar-refractivity contribution >= 4 is 57.7 Å². The second-order valence-electron chi connectivity index (χ2n) is 8.28. The summed E-state index contributed by atoms with van der Waals surface area (Å²) in [6, 6.07) is 15.6. The fourth-order valence-corrected chi connectivity index (χ4v) is 4.03. The summed E-state index contributed by atoms with van der Waals surface area (Å²) in [4.78, 5) is 19.2. The van der Waals surface area contributed by atoms with E-state index in [0.29, 0.717) is 48.0 Å². The van der Waals surface area contributed by atoms with Crippen LogP contribution in [-0.4, -0.2) is 45.9 Å². The third-order valence-electron chi connectivity index (χ3n) is 5.46. The van der Waals surface area contributed by atoms with Crippen LogP contribution in [-0.2, 0) is 0 Å². The van der Waals surface area contributed by atoms with Gasteiger partial charge in [-0.15, -0.1) is 8.78 Å². The van der Waals surface area contributed by atoms with Gasteiger partial charge in [0.15, 0.2) is 10.9 Å². The lowest BCUT2D eigenvalue weighted by molar-refractivity contribution is -0.0964. The number of nitriles is 1. The maximum atomic E-state index is 12.9. The van der Waals surface area contributed by atoms with Crippen molar-refractivity contribution in [2.24, 2.45) is 0 Å². The Morgan fingerprint density at radius 2 is 1.82 bits per heavy atom. The number of aliphatic hydroxyl groups is 1. The maximum absolute atomic E-state index is 12.9. The number of thiocarbonyl (C=S) groups is 1. The minimum absolute atomic E-state index is 0.170.